The molecule has 1 heterocycles. The van der Waals surface area contributed by atoms with Crippen LogP contribution in [0.15, 0.2) is 59.6 Å². The predicted octanol–water partition coefficient (Wildman–Crippen LogP) is 3.30. The Bertz CT molecular complexity index is 1020. The number of fused-ring (bicyclic) bond motifs is 1. The lowest BCUT2D eigenvalue weighted by Gasteiger charge is -2.11. The Morgan fingerprint density at radius 2 is 1.81 bits per heavy atom. The topological polar surface area (TPSA) is 91.1 Å². The Balaban J connectivity index is 1.72. The maximum Gasteiger partial charge on any atom is 0.268 e. The molecule has 1 atom stereocenters. The first kappa shape index (κ1) is 18.2. The third-order valence-corrected chi connectivity index (χ3v) is 5.77. The van der Waals surface area contributed by atoms with E-state index in [1.54, 1.807) is 36.5 Å². The summed E-state index contributed by atoms with van der Waals surface area (Å²) >= 11 is 0. The van der Waals surface area contributed by atoms with Gasteiger partial charge in [-0.1, -0.05) is 44.2 Å². The molecule has 2 aromatic carbocycles. The normalized spacial score (nSPS) is 12.8. The molecule has 0 spiro atoms. The molecule has 3 rings (SSSR count). The van der Waals surface area contributed by atoms with E-state index >= 15 is 0 Å². The summed E-state index contributed by atoms with van der Waals surface area (Å²) in [5, 5.41) is 0.724. The highest BCUT2D eigenvalue weighted by atomic mass is 32.2. The average Bonchev–Trinajstić information content (AvgIpc) is 3.10. The Kier molecular flexibility index (Phi) is 5.11. The average molecular weight is 371 g/mol. The molecule has 3 N–H and O–H groups in total. The summed E-state index contributed by atoms with van der Waals surface area (Å²) in [5.41, 5.74) is 4.52. The van der Waals surface area contributed by atoms with E-state index < -0.39 is 15.9 Å². The van der Waals surface area contributed by atoms with Gasteiger partial charge < -0.3 is 4.98 Å². The highest BCUT2D eigenvalue weighted by Gasteiger charge is 2.18. The summed E-state index contributed by atoms with van der Waals surface area (Å²) < 4.78 is 24.8. The van der Waals surface area contributed by atoms with Gasteiger partial charge >= 0.3 is 0 Å². The van der Waals surface area contributed by atoms with Crippen LogP contribution >= 0.6 is 0 Å². The van der Waals surface area contributed by atoms with Crippen molar-refractivity contribution in [2.45, 2.75) is 31.1 Å². The summed E-state index contributed by atoms with van der Waals surface area (Å²) in [6, 6.07) is 14.0. The van der Waals surface area contributed by atoms with E-state index in [0.717, 1.165) is 22.9 Å². The van der Waals surface area contributed by atoms with E-state index in [4.69, 9.17) is 0 Å². The Hall–Kier alpha value is -2.64. The maximum atomic E-state index is 12.4. The van der Waals surface area contributed by atoms with Crippen molar-refractivity contribution in [2.75, 3.05) is 0 Å². The van der Waals surface area contributed by atoms with Gasteiger partial charge in [0.15, 0.2) is 0 Å². The molecule has 0 bridgehead atoms. The quantitative estimate of drug-likeness (QED) is 0.581. The van der Waals surface area contributed by atoms with Gasteiger partial charge in [-0.15, -0.1) is 4.83 Å². The molecule has 1 aromatic heterocycles. The number of para-hydroxylation sites is 1. The van der Waals surface area contributed by atoms with E-state index in [1.165, 1.54) is 0 Å². The number of aromatic amines is 1. The molecule has 0 radical (unpaired) electrons. The van der Waals surface area contributed by atoms with Gasteiger partial charge in [-0.05, 0) is 36.1 Å². The fourth-order valence-corrected chi connectivity index (χ4v) is 3.55. The minimum atomic E-state index is -3.84. The number of nitrogens with one attached hydrogen (secondary N) is 3. The first-order valence-corrected chi connectivity index (χ1v) is 9.89. The fraction of sp³-hybridized carbons (Fsp3) is 0.211. The van der Waals surface area contributed by atoms with Crippen LogP contribution in [0.3, 0.4) is 0 Å². The van der Waals surface area contributed by atoms with Gasteiger partial charge in [0, 0.05) is 17.1 Å². The molecule has 26 heavy (non-hydrogen) atoms. The van der Waals surface area contributed by atoms with Gasteiger partial charge in [-0.25, -0.2) is 8.42 Å². The van der Waals surface area contributed by atoms with Crippen molar-refractivity contribution in [1.29, 1.82) is 0 Å². The van der Waals surface area contributed by atoms with Gasteiger partial charge in [-0.3, -0.25) is 10.2 Å². The van der Waals surface area contributed by atoms with Gasteiger partial charge in [0.05, 0.1) is 10.5 Å². The molecule has 3 aromatic rings. The summed E-state index contributed by atoms with van der Waals surface area (Å²) in [5.74, 6) is -0.163. The fourth-order valence-electron chi connectivity index (χ4n) is 2.71. The van der Waals surface area contributed by atoms with E-state index in [2.05, 4.69) is 29.1 Å². The third-order valence-electron chi connectivity index (χ3n) is 4.50. The van der Waals surface area contributed by atoms with Crippen molar-refractivity contribution in [1.82, 2.24) is 15.2 Å². The minimum Gasteiger partial charge on any atom is -0.360 e. The number of rotatable bonds is 6. The molecule has 0 saturated carbocycles. The van der Waals surface area contributed by atoms with Crippen LogP contribution in [-0.4, -0.2) is 19.3 Å². The van der Waals surface area contributed by atoms with Crippen LogP contribution in [0.2, 0.25) is 0 Å². The van der Waals surface area contributed by atoms with Crippen LogP contribution in [0.1, 0.15) is 42.1 Å². The number of hydrogen-bond donors (Lipinski definition) is 3. The van der Waals surface area contributed by atoms with Crippen LogP contribution in [0, 0.1) is 0 Å². The van der Waals surface area contributed by atoms with Crippen LogP contribution < -0.4 is 10.3 Å². The van der Waals surface area contributed by atoms with Crippen molar-refractivity contribution in [2.24, 2.45) is 0 Å². The lowest BCUT2D eigenvalue weighted by atomic mass is 9.99. The second kappa shape index (κ2) is 7.31. The first-order valence-electron chi connectivity index (χ1n) is 8.40. The molecule has 7 heteroatoms. The lowest BCUT2D eigenvalue weighted by molar-refractivity contribution is 0.0947. The first-order chi connectivity index (χ1) is 12.4. The second-order valence-electron chi connectivity index (χ2n) is 6.19. The Morgan fingerprint density at radius 3 is 2.50 bits per heavy atom. The van der Waals surface area contributed by atoms with Crippen molar-refractivity contribution in [3.05, 3.63) is 65.9 Å². The maximum absolute atomic E-state index is 12.4. The smallest absolute Gasteiger partial charge is 0.268 e. The minimum absolute atomic E-state index is 0.101. The largest absolute Gasteiger partial charge is 0.360 e. The van der Waals surface area contributed by atoms with Crippen molar-refractivity contribution in [3.8, 4) is 0 Å². The molecule has 6 nitrogen and oxygen atoms in total. The van der Waals surface area contributed by atoms with Gasteiger partial charge in [0.2, 0.25) is 0 Å². The van der Waals surface area contributed by atoms with Crippen LogP contribution in [0.25, 0.3) is 10.9 Å². The molecular weight excluding hydrogens is 350 g/mol. The van der Waals surface area contributed by atoms with E-state index in [9.17, 15) is 13.2 Å². The van der Waals surface area contributed by atoms with Gasteiger partial charge in [-0.2, -0.15) is 0 Å². The van der Waals surface area contributed by atoms with Crippen LogP contribution in [0.5, 0.6) is 0 Å². The number of sulfonamides is 1. The molecular formula is C19H21N3O3S. The number of H-pyrrole nitrogens is 1. The zero-order chi connectivity index (χ0) is 18.7. The molecule has 1 amide bonds. The molecule has 0 aliphatic carbocycles. The van der Waals surface area contributed by atoms with Gasteiger partial charge in [0.25, 0.3) is 15.9 Å². The van der Waals surface area contributed by atoms with E-state index in [1.807, 2.05) is 18.2 Å². The third kappa shape index (κ3) is 3.63. The number of benzene rings is 2. The lowest BCUT2D eigenvalue weighted by Crippen LogP contribution is -2.41. The number of carbonyl (C=O) groups excluding carboxylic acids is 1. The zero-order valence-electron chi connectivity index (χ0n) is 14.6. The van der Waals surface area contributed by atoms with Crippen molar-refractivity contribution >= 4 is 26.8 Å². The summed E-state index contributed by atoms with van der Waals surface area (Å²) in [4.78, 5) is 17.6. The second-order valence-corrected chi connectivity index (χ2v) is 7.87. The SMILES string of the molecule is CCC(C)c1ccc(S(=O)(=O)NNC(=O)c2c[nH]c3ccccc23)cc1. The summed E-state index contributed by atoms with van der Waals surface area (Å²) in [6.45, 7) is 4.17. The molecule has 1 unspecified atom stereocenters. The Labute approximate surface area is 152 Å². The number of aromatic nitrogens is 1. The van der Waals surface area contributed by atoms with Crippen LogP contribution in [0.4, 0.5) is 0 Å². The van der Waals surface area contributed by atoms with Crippen LogP contribution in [-0.2, 0) is 10.0 Å². The molecule has 0 saturated heterocycles. The van der Waals surface area contributed by atoms with E-state index in [0.29, 0.717) is 11.5 Å². The summed E-state index contributed by atoms with van der Waals surface area (Å²) in [6.07, 6.45) is 2.53. The molecule has 0 aliphatic rings. The molecule has 136 valence electrons. The monoisotopic (exact) mass is 371 g/mol. The number of carbonyl (C=O) groups is 1. The van der Waals surface area contributed by atoms with Gasteiger partial charge in [0.1, 0.15) is 0 Å². The number of hydrazine groups is 1. The van der Waals surface area contributed by atoms with E-state index in [-0.39, 0.29) is 4.90 Å². The molecule has 0 aliphatic heterocycles. The van der Waals surface area contributed by atoms with Crippen molar-refractivity contribution < 1.29 is 13.2 Å². The standard InChI is InChI=1S/C19H21N3O3S/c1-3-13(2)14-8-10-15(11-9-14)26(24,25)22-21-19(23)17-12-20-18-7-5-4-6-16(17)18/h4-13,20,22H,3H2,1-2H3,(H,21,23). The highest BCUT2D eigenvalue weighted by Crippen LogP contribution is 2.20. The Morgan fingerprint density at radius 1 is 1.12 bits per heavy atom. The highest BCUT2D eigenvalue weighted by molar-refractivity contribution is 7.89. The van der Waals surface area contributed by atoms with Crippen molar-refractivity contribution in [3.63, 3.8) is 0 Å². The zero-order valence-corrected chi connectivity index (χ0v) is 15.4. The number of hydrogen-bond acceptors (Lipinski definition) is 3. The predicted molar refractivity (Wildman–Crippen MR) is 101 cm³/mol. The molecule has 0 fully saturated rings. The number of amides is 1. The summed E-state index contributed by atoms with van der Waals surface area (Å²) in [7, 11) is -3.84.